The number of benzene rings is 1. The van der Waals surface area contributed by atoms with Crippen LogP contribution in [-0.4, -0.2) is 33.7 Å². The van der Waals surface area contributed by atoms with Gasteiger partial charge in [-0.1, -0.05) is 28.9 Å². The summed E-state index contributed by atoms with van der Waals surface area (Å²) in [4.78, 5) is 15.2. The van der Waals surface area contributed by atoms with Crippen molar-refractivity contribution in [1.82, 2.24) is 4.98 Å². The maximum Gasteiger partial charge on any atom is 0.304 e. The molecule has 4 nitrogen and oxygen atoms in total. The molecule has 2 aromatic rings. The van der Waals surface area contributed by atoms with E-state index in [4.69, 9.17) is 9.84 Å². The molecular formula is C15H16BrNO3S. The molecule has 0 aliphatic heterocycles. The van der Waals surface area contributed by atoms with Crippen LogP contribution in [0.3, 0.4) is 0 Å². The van der Waals surface area contributed by atoms with E-state index in [9.17, 15) is 4.79 Å². The largest absolute Gasteiger partial charge is 0.490 e. The Balaban J connectivity index is 2.15. The van der Waals surface area contributed by atoms with E-state index in [0.29, 0.717) is 12.4 Å². The Morgan fingerprint density at radius 2 is 2.29 bits per heavy atom. The quantitative estimate of drug-likeness (QED) is 0.799. The fraction of sp³-hybridized carbons (Fsp3) is 0.333. The number of thioether (sulfide) groups is 1. The highest BCUT2D eigenvalue weighted by Crippen LogP contribution is 2.30. The first-order valence-corrected chi connectivity index (χ1v) is 8.45. The van der Waals surface area contributed by atoms with Crippen molar-refractivity contribution in [3.63, 3.8) is 0 Å². The number of aliphatic carboxylic acids is 1. The third kappa shape index (κ3) is 4.35. The standard InChI is InChI=1S/C15H16BrNO3S/c1-2-21-10(8-14(18)19)9-20-13-6-5-12(16)11-4-3-7-17-15(11)13/h3-7,10H,2,8-9H2,1H3,(H,18,19). The minimum absolute atomic E-state index is 0.0603. The van der Waals surface area contributed by atoms with Gasteiger partial charge < -0.3 is 9.84 Å². The maximum atomic E-state index is 10.9. The van der Waals surface area contributed by atoms with Crippen molar-refractivity contribution in [2.75, 3.05) is 12.4 Å². The van der Waals surface area contributed by atoms with Crippen LogP contribution < -0.4 is 4.74 Å². The van der Waals surface area contributed by atoms with Crippen molar-refractivity contribution in [1.29, 1.82) is 0 Å². The predicted molar refractivity (Wildman–Crippen MR) is 89.1 cm³/mol. The zero-order valence-corrected chi connectivity index (χ0v) is 14.0. The van der Waals surface area contributed by atoms with Crippen molar-refractivity contribution in [3.05, 3.63) is 34.9 Å². The number of carboxylic acids is 1. The van der Waals surface area contributed by atoms with Crippen molar-refractivity contribution in [2.24, 2.45) is 0 Å². The molecule has 0 bridgehead atoms. The van der Waals surface area contributed by atoms with E-state index in [-0.39, 0.29) is 11.7 Å². The Kier molecular flexibility index (Phi) is 5.87. The van der Waals surface area contributed by atoms with Crippen molar-refractivity contribution < 1.29 is 14.6 Å². The van der Waals surface area contributed by atoms with Crippen LogP contribution in [0, 0.1) is 0 Å². The average Bonchev–Trinajstić information content (AvgIpc) is 2.46. The number of rotatable bonds is 7. The molecule has 2 rings (SSSR count). The fourth-order valence-corrected chi connectivity index (χ4v) is 3.36. The van der Waals surface area contributed by atoms with Gasteiger partial charge in [-0.3, -0.25) is 9.78 Å². The van der Waals surface area contributed by atoms with E-state index < -0.39 is 5.97 Å². The number of fused-ring (bicyclic) bond motifs is 1. The van der Waals surface area contributed by atoms with Crippen LogP contribution in [0.4, 0.5) is 0 Å². The molecule has 0 aliphatic rings. The minimum atomic E-state index is -0.802. The molecule has 1 heterocycles. The lowest BCUT2D eigenvalue weighted by atomic mass is 10.2. The number of carbonyl (C=O) groups is 1. The van der Waals surface area contributed by atoms with Crippen molar-refractivity contribution in [3.8, 4) is 5.75 Å². The van der Waals surface area contributed by atoms with Crippen LogP contribution in [-0.2, 0) is 4.79 Å². The molecule has 1 N–H and O–H groups in total. The summed E-state index contributed by atoms with van der Waals surface area (Å²) in [6.07, 6.45) is 1.82. The molecule has 0 amide bonds. The summed E-state index contributed by atoms with van der Waals surface area (Å²) < 4.78 is 6.78. The first kappa shape index (κ1) is 16.1. The monoisotopic (exact) mass is 369 g/mol. The third-order valence-electron chi connectivity index (χ3n) is 2.91. The molecule has 0 fully saturated rings. The lowest BCUT2D eigenvalue weighted by molar-refractivity contribution is -0.137. The highest BCUT2D eigenvalue weighted by molar-refractivity contribution is 9.10. The molecule has 1 aromatic carbocycles. The second kappa shape index (κ2) is 7.66. The van der Waals surface area contributed by atoms with Gasteiger partial charge in [-0.15, -0.1) is 0 Å². The number of nitrogens with zero attached hydrogens (tertiary/aromatic N) is 1. The lowest BCUT2D eigenvalue weighted by Crippen LogP contribution is -2.19. The number of hydrogen-bond acceptors (Lipinski definition) is 4. The minimum Gasteiger partial charge on any atom is -0.490 e. The highest BCUT2D eigenvalue weighted by atomic mass is 79.9. The van der Waals surface area contributed by atoms with E-state index in [0.717, 1.165) is 21.1 Å². The lowest BCUT2D eigenvalue weighted by Gasteiger charge is -2.16. The van der Waals surface area contributed by atoms with Crippen molar-refractivity contribution in [2.45, 2.75) is 18.6 Å². The summed E-state index contributed by atoms with van der Waals surface area (Å²) >= 11 is 5.09. The normalized spacial score (nSPS) is 12.3. The van der Waals surface area contributed by atoms with Gasteiger partial charge in [-0.2, -0.15) is 11.8 Å². The smallest absolute Gasteiger partial charge is 0.304 e. The molecule has 21 heavy (non-hydrogen) atoms. The second-order valence-corrected chi connectivity index (χ2v) is 6.86. The van der Waals surface area contributed by atoms with Gasteiger partial charge in [0, 0.05) is 21.3 Å². The van der Waals surface area contributed by atoms with Gasteiger partial charge in [0.2, 0.25) is 0 Å². The Hall–Kier alpha value is -1.27. The van der Waals surface area contributed by atoms with Gasteiger partial charge in [0.1, 0.15) is 17.9 Å². The number of carboxylic acid groups (broad SMARTS) is 1. The fourth-order valence-electron chi connectivity index (χ4n) is 2.01. The molecule has 0 aliphatic carbocycles. The maximum absolute atomic E-state index is 10.9. The SMILES string of the molecule is CCSC(COc1ccc(Br)c2cccnc12)CC(=O)O. The van der Waals surface area contributed by atoms with E-state index >= 15 is 0 Å². The van der Waals surface area contributed by atoms with Gasteiger partial charge in [0.05, 0.1) is 6.42 Å². The predicted octanol–water partition coefficient (Wildman–Crippen LogP) is 3.97. The Labute approximate surface area is 136 Å². The van der Waals surface area contributed by atoms with Crippen LogP contribution in [0.1, 0.15) is 13.3 Å². The first-order chi connectivity index (χ1) is 10.1. The summed E-state index contributed by atoms with van der Waals surface area (Å²) in [5.41, 5.74) is 0.780. The molecular weight excluding hydrogens is 354 g/mol. The van der Waals surface area contributed by atoms with E-state index in [1.165, 1.54) is 0 Å². The van der Waals surface area contributed by atoms with Crippen LogP contribution in [0.2, 0.25) is 0 Å². The number of ether oxygens (including phenoxy) is 1. The molecule has 1 unspecified atom stereocenters. The van der Waals surface area contributed by atoms with E-state index in [1.54, 1.807) is 18.0 Å². The summed E-state index contributed by atoms with van der Waals surface area (Å²) in [5.74, 6) is 0.741. The Bertz CT molecular complexity index is 635. The third-order valence-corrected chi connectivity index (χ3v) is 4.71. The summed E-state index contributed by atoms with van der Waals surface area (Å²) in [6, 6.07) is 7.61. The molecule has 0 saturated carbocycles. The summed E-state index contributed by atoms with van der Waals surface area (Å²) in [6.45, 7) is 2.37. The Morgan fingerprint density at radius 1 is 1.48 bits per heavy atom. The van der Waals surface area contributed by atoms with Crippen molar-refractivity contribution >= 4 is 44.6 Å². The zero-order valence-electron chi connectivity index (χ0n) is 11.6. The zero-order chi connectivity index (χ0) is 15.2. The van der Waals surface area contributed by atoms with Crippen LogP contribution in [0.5, 0.6) is 5.75 Å². The summed E-state index contributed by atoms with van der Waals surface area (Å²) in [7, 11) is 0. The molecule has 0 radical (unpaired) electrons. The topological polar surface area (TPSA) is 59.4 Å². The molecule has 112 valence electrons. The Morgan fingerprint density at radius 3 is 3.00 bits per heavy atom. The second-order valence-electron chi connectivity index (χ2n) is 4.43. The van der Waals surface area contributed by atoms with Crippen LogP contribution >= 0.6 is 27.7 Å². The van der Waals surface area contributed by atoms with Crippen LogP contribution in [0.15, 0.2) is 34.9 Å². The van der Waals surface area contributed by atoms with Gasteiger partial charge in [0.25, 0.3) is 0 Å². The number of halogens is 1. The van der Waals surface area contributed by atoms with Gasteiger partial charge in [-0.05, 0) is 24.0 Å². The average molecular weight is 370 g/mol. The number of pyridine rings is 1. The molecule has 1 aromatic heterocycles. The number of aromatic nitrogens is 1. The van der Waals surface area contributed by atoms with Gasteiger partial charge in [0.15, 0.2) is 0 Å². The first-order valence-electron chi connectivity index (χ1n) is 6.61. The number of hydrogen-bond donors (Lipinski definition) is 1. The molecule has 0 spiro atoms. The highest BCUT2D eigenvalue weighted by Gasteiger charge is 2.15. The van der Waals surface area contributed by atoms with E-state index in [1.807, 2.05) is 31.2 Å². The van der Waals surface area contributed by atoms with Crippen LogP contribution in [0.25, 0.3) is 10.9 Å². The molecule has 1 atom stereocenters. The molecule has 0 saturated heterocycles. The summed E-state index contributed by atoms with van der Waals surface area (Å²) in [5, 5.41) is 9.85. The van der Waals surface area contributed by atoms with Gasteiger partial charge in [-0.25, -0.2) is 0 Å². The van der Waals surface area contributed by atoms with E-state index in [2.05, 4.69) is 20.9 Å². The molecule has 6 heteroatoms. The van der Waals surface area contributed by atoms with Gasteiger partial charge >= 0.3 is 5.97 Å².